The Bertz CT molecular complexity index is 760. The number of benzene rings is 2. The third kappa shape index (κ3) is 6.58. The molecule has 0 saturated carbocycles. The Morgan fingerprint density at radius 1 is 0.700 bits per heavy atom. The van der Waals surface area contributed by atoms with Gasteiger partial charge in [0, 0.05) is 15.1 Å². The van der Waals surface area contributed by atoms with Crippen LogP contribution in [0.3, 0.4) is 0 Å². The number of nitrogens with zero attached hydrogens (tertiary/aromatic N) is 2. The molecular formula is C24H30Cl3FN2. The first kappa shape index (κ1) is 23.8. The van der Waals surface area contributed by atoms with Crippen molar-refractivity contribution in [2.45, 2.75) is 37.5 Å². The van der Waals surface area contributed by atoms with Gasteiger partial charge in [-0.15, -0.1) is 0 Å². The Morgan fingerprint density at radius 3 is 1.57 bits per heavy atom. The molecule has 0 unspecified atom stereocenters. The zero-order valence-corrected chi connectivity index (χ0v) is 19.9. The molecule has 0 N–H and O–H groups in total. The fourth-order valence-corrected chi connectivity index (χ4v) is 5.19. The zero-order chi connectivity index (χ0) is 21.7. The van der Waals surface area contributed by atoms with Gasteiger partial charge in [0.15, 0.2) is 0 Å². The van der Waals surface area contributed by atoms with Crippen LogP contribution in [0.25, 0.3) is 0 Å². The molecule has 6 heteroatoms. The summed E-state index contributed by atoms with van der Waals surface area (Å²) in [7, 11) is 4.29. The number of halogens is 4. The maximum atomic E-state index is 12.9. The van der Waals surface area contributed by atoms with E-state index in [4.69, 9.17) is 34.8 Å². The predicted molar refractivity (Wildman–Crippen MR) is 127 cm³/mol. The average molecular weight is 472 g/mol. The molecule has 0 spiro atoms. The molecule has 2 fully saturated rings. The summed E-state index contributed by atoms with van der Waals surface area (Å²) < 4.78 is 12.9. The summed E-state index contributed by atoms with van der Waals surface area (Å²) in [6, 6.07) is 10.6. The van der Waals surface area contributed by atoms with Crippen molar-refractivity contribution in [2.24, 2.45) is 0 Å². The van der Waals surface area contributed by atoms with Gasteiger partial charge in [0.05, 0.1) is 0 Å². The Hall–Kier alpha value is -0.840. The van der Waals surface area contributed by atoms with Crippen molar-refractivity contribution in [3.8, 4) is 0 Å². The maximum absolute atomic E-state index is 12.9. The molecule has 164 valence electrons. The molecule has 0 aromatic heterocycles. The highest BCUT2D eigenvalue weighted by atomic mass is 35.5. The van der Waals surface area contributed by atoms with Crippen LogP contribution in [0.4, 0.5) is 4.39 Å². The van der Waals surface area contributed by atoms with Crippen molar-refractivity contribution in [3.05, 3.63) is 68.4 Å². The molecule has 2 heterocycles. The number of hydrogen-bond acceptors (Lipinski definition) is 2. The summed E-state index contributed by atoms with van der Waals surface area (Å²) >= 11 is 18.1. The molecule has 30 heavy (non-hydrogen) atoms. The van der Waals surface area contributed by atoms with Crippen LogP contribution in [-0.2, 0) is 0 Å². The van der Waals surface area contributed by atoms with Gasteiger partial charge >= 0.3 is 0 Å². The molecule has 0 atom stereocenters. The molecule has 2 nitrogen and oxygen atoms in total. The molecule has 2 aliphatic rings. The van der Waals surface area contributed by atoms with E-state index < -0.39 is 0 Å². The highest BCUT2D eigenvalue weighted by Crippen LogP contribution is 2.34. The van der Waals surface area contributed by atoms with Crippen LogP contribution in [-0.4, -0.2) is 50.1 Å². The molecule has 0 aliphatic carbocycles. The highest BCUT2D eigenvalue weighted by Gasteiger charge is 2.21. The number of likely N-dealkylation sites (tertiary alicyclic amines) is 2. The Morgan fingerprint density at radius 2 is 1.13 bits per heavy atom. The van der Waals surface area contributed by atoms with Crippen LogP contribution >= 0.6 is 34.8 Å². The van der Waals surface area contributed by atoms with E-state index in [1.54, 1.807) is 0 Å². The van der Waals surface area contributed by atoms with Crippen molar-refractivity contribution in [1.29, 1.82) is 0 Å². The van der Waals surface area contributed by atoms with E-state index in [1.807, 2.05) is 18.2 Å². The van der Waals surface area contributed by atoms with E-state index >= 15 is 0 Å². The number of rotatable bonds is 2. The van der Waals surface area contributed by atoms with Crippen LogP contribution in [0.5, 0.6) is 0 Å². The minimum atomic E-state index is -0.253. The molecular weight excluding hydrogens is 442 g/mol. The van der Waals surface area contributed by atoms with Crippen LogP contribution in [0, 0.1) is 5.82 Å². The standard InChI is InChI=1S/C12H15Cl2N.C12H15ClFN/c1-15-6-4-9(5-7-15)11-3-2-10(13)8-12(11)14;1-15-6-4-9(5-7-15)11-3-2-10(14)8-12(11)13/h2*2-3,8-9H,4-7H2,1H3. The highest BCUT2D eigenvalue weighted by molar-refractivity contribution is 6.35. The molecule has 4 rings (SSSR count). The topological polar surface area (TPSA) is 6.48 Å². The van der Waals surface area contributed by atoms with Crippen molar-refractivity contribution >= 4 is 34.8 Å². The van der Waals surface area contributed by atoms with Crippen LogP contribution in [0.1, 0.15) is 48.6 Å². The van der Waals surface area contributed by atoms with E-state index in [-0.39, 0.29) is 5.82 Å². The summed E-state index contributed by atoms with van der Waals surface area (Å²) in [6.07, 6.45) is 4.61. The summed E-state index contributed by atoms with van der Waals surface area (Å²) in [5.74, 6) is 0.844. The zero-order valence-electron chi connectivity index (χ0n) is 17.7. The monoisotopic (exact) mass is 470 g/mol. The molecule has 0 bridgehead atoms. The largest absolute Gasteiger partial charge is 0.306 e. The Balaban J connectivity index is 0.000000171. The van der Waals surface area contributed by atoms with E-state index in [1.165, 1.54) is 30.5 Å². The van der Waals surface area contributed by atoms with Gasteiger partial charge < -0.3 is 9.80 Å². The number of piperidine rings is 2. The third-order valence-electron chi connectivity index (χ3n) is 6.24. The summed E-state index contributed by atoms with van der Waals surface area (Å²) in [5.41, 5.74) is 2.36. The first-order chi connectivity index (χ1) is 14.3. The van der Waals surface area contributed by atoms with Crippen molar-refractivity contribution < 1.29 is 4.39 Å². The van der Waals surface area contributed by atoms with Crippen molar-refractivity contribution in [3.63, 3.8) is 0 Å². The quantitative estimate of drug-likeness (QED) is 0.461. The fraction of sp³-hybridized carbons (Fsp3) is 0.500. The summed E-state index contributed by atoms with van der Waals surface area (Å²) in [5, 5.41) is 2.11. The summed E-state index contributed by atoms with van der Waals surface area (Å²) in [4.78, 5) is 4.67. The third-order valence-corrected chi connectivity index (χ3v) is 7.13. The predicted octanol–water partition coefficient (Wildman–Crippen LogP) is 7.09. The van der Waals surface area contributed by atoms with Gasteiger partial charge in [-0.2, -0.15) is 0 Å². The second-order valence-corrected chi connectivity index (χ2v) is 9.74. The van der Waals surface area contributed by atoms with E-state index in [0.29, 0.717) is 16.9 Å². The molecule has 2 aromatic carbocycles. The lowest BCUT2D eigenvalue weighted by Crippen LogP contribution is -2.29. The minimum Gasteiger partial charge on any atom is -0.306 e. The lowest BCUT2D eigenvalue weighted by atomic mass is 9.89. The van der Waals surface area contributed by atoms with Gasteiger partial charge in [-0.3, -0.25) is 0 Å². The molecule has 0 radical (unpaired) electrons. The van der Waals surface area contributed by atoms with Crippen LogP contribution in [0.2, 0.25) is 15.1 Å². The van der Waals surface area contributed by atoms with E-state index in [9.17, 15) is 4.39 Å². The summed E-state index contributed by atoms with van der Waals surface area (Å²) in [6.45, 7) is 4.50. The normalized spacial score (nSPS) is 19.4. The molecule has 2 aliphatic heterocycles. The second kappa shape index (κ2) is 11.2. The van der Waals surface area contributed by atoms with Crippen LogP contribution < -0.4 is 0 Å². The lowest BCUT2D eigenvalue weighted by molar-refractivity contribution is 0.255. The van der Waals surface area contributed by atoms with E-state index in [0.717, 1.165) is 54.6 Å². The van der Waals surface area contributed by atoms with E-state index in [2.05, 4.69) is 30.0 Å². The molecule has 2 aromatic rings. The van der Waals surface area contributed by atoms with Crippen molar-refractivity contribution in [2.75, 3.05) is 40.3 Å². The van der Waals surface area contributed by atoms with Gasteiger partial charge in [-0.1, -0.05) is 46.9 Å². The second-order valence-electron chi connectivity index (χ2n) is 8.49. The first-order valence-corrected chi connectivity index (χ1v) is 11.7. The smallest absolute Gasteiger partial charge is 0.124 e. The maximum Gasteiger partial charge on any atom is 0.124 e. The SMILES string of the molecule is CN1CCC(c2ccc(Cl)cc2Cl)CC1.CN1CCC(c2ccc(F)cc2Cl)CC1. The van der Waals surface area contributed by atoms with Gasteiger partial charge in [-0.05, 0) is 113 Å². The molecule has 0 amide bonds. The van der Waals surface area contributed by atoms with Crippen LogP contribution in [0.15, 0.2) is 36.4 Å². The van der Waals surface area contributed by atoms with Crippen molar-refractivity contribution in [1.82, 2.24) is 9.80 Å². The van der Waals surface area contributed by atoms with Gasteiger partial charge in [-0.25, -0.2) is 4.39 Å². The average Bonchev–Trinajstić information content (AvgIpc) is 2.70. The minimum absolute atomic E-state index is 0.253. The van der Waals surface area contributed by atoms with Gasteiger partial charge in [0.1, 0.15) is 5.82 Å². The first-order valence-electron chi connectivity index (χ1n) is 10.6. The Kier molecular flexibility index (Phi) is 8.85. The lowest BCUT2D eigenvalue weighted by Gasteiger charge is -2.29. The van der Waals surface area contributed by atoms with Gasteiger partial charge in [0.2, 0.25) is 0 Å². The van der Waals surface area contributed by atoms with Gasteiger partial charge in [0.25, 0.3) is 0 Å². The number of hydrogen-bond donors (Lipinski definition) is 0. The molecule has 2 saturated heterocycles. The fourth-order valence-electron chi connectivity index (χ4n) is 4.30. The Labute approximate surface area is 194 Å².